The van der Waals surface area contributed by atoms with E-state index in [-0.39, 0.29) is 0 Å². The van der Waals surface area contributed by atoms with Crippen LogP contribution in [0, 0.1) is 6.92 Å². The minimum Gasteiger partial charge on any atom is -0.493 e. The number of nitrogens with zero attached hydrogens (tertiary/aromatic N) is 3. The summed E-state index contributed by atoms with van der Waals surface area (Å²) in [6.07, 6.45) is 1.67. The molecule has 3 rings (SSSR count). The van der Waals surface area contributed by atoms with Crippen molar-refractivity contribution in [2.45, 2.75) is 18.5 Å². The van der Waals surface area contributed by atoms with E-state index < -0.39 is 0 Å². The van der Waals surface area contributed by atoms with E-state index in [4.69, 9.17) is 4.74 Å². The molecule has 0 N–H and O–H groups in total. The maximum absolute atomic E-state index is 11.0. The summed E-state index contributed by atoms with van der Waals surface area (Å²) in [5, 5.41) is 9.48. The fourth-order valence-electron chi connectivity index (χ4n) is 2.51. The average molecular weight is 367 g/mol. The quantitative estimate of drug-likeness (QED) is 0.340. The van der Waals surface area contributed by atoms with Crippen molar-refractivity contribution in [1.82, 2.24) is 14.8 Å². The Morgan fingerprint density at radius 3 is 2.65 bits per heavy atom. The van der Waals surface area contributed by atoms with Crippen LogP contribution in [0.25, 0.3) is 11.4 Å². The smallest absolute Gasteiger partial charge is 0.191 e. The molecule has 0 bridgehead atoms. The summed E-state index contributed by atoms with van der Waals surface area (Å²) in [4.78, 5) is 11.0. The Labute approximate surface area is 157 Å². The molecule has 0 unspecified atom stereocenters. The van der Waals surface area contributed by atoms with Gasteiger partial charge in [-0.05, 0) is 25.5 Å². The predicted octanol–water partition coefficient (Wildman–Crippen LogP) is 4.16. The number of carbonyl (C=O) groups excluding carboxylic acids is 1. The molecule has 0 aliphatic heterocycles. The van der Waals surface area contributed by atoms with Gasteiger partial charge < -0.3 is 9.30 Å². The van der Waals surface area contributed by atoms with Crippen molar-refractivity contribution in [3.63, 3.8) is 0 Å². The number of carbonyl (C=O) groups is 1. The lowest BCUT2D eigenvalue weighted by molar-refractivity contribution is 0.111. The van der Waals surface area contributed by atoms with Gasteiger partial charge in [-0.3, -0.25) is 4.79 Å². The molecule has 1 aromatic heterocycles. The Morgan fingerprint density at radius 2 is 1.88 bits per heavy atom. The standard InChI is InChI=1S/C20H21N3O2S/c1-15-8-10-16(11-9-15)19-21-22-20(23(19)2)26-13-5-12-25-18-7-4-3-6-17(18)14-24/h3-4,6-11,14H,5,12-13H2,1-2H3. The predicted molar refractivity (Wildman–Crippen MR) is 104 cm³/mol. The number of hydrogen-bond donors (Lipinski definition) is 0. The fraction of sp³-hybridized carbons (Fsp3) is 0.250. The summed E-state index contributed by atoms with van der Waals surface area (Å²) in [6.45, 7) is 2.62. The SMILES string of the molecule is Cc1ccc(-c2nnc(SCCCOc3ccccc3C=O)n2C)cc1. The van der Waals surface area contributed by atoms with Crippen molar-refractivity contribution in [3.05, 3.63) is 59.7 Å². The monoisotopic (exact) mass is 367 g/mol. The highest BCUT2D eigenvalue weighted by Gasteiger charge is 2.11. The number of hydrogen-bond acceptors (Lipinski definition) is 5. The topological polar surface area (TPSA) is 57.0 Å². The van der Waals surface area contributed by atoms with Crippen LogP contribution in [0.3, 0.4) is 0 Å². The highest BCUT2D eigenvalue weighted by molar-refractivity contribution is 7.99. The van der Waals surface area contributed by atoms with Crippen molar-refractivity contribution in [3.8, 4) is 17.1 Å². The first kappa shape index (κ1) is 18.2. The Balaban J connectivity index is 1.51. The molecule has 134 valence electrons. The van der Waals surface area contributed by atoms with Crippen LogP contribution < -0.4 is 4.74 Å². The third-order valence-electron chi connectivity index (χ3n) is 3.97. The largest absolute Gasteiger partial charge is 0.493 e. The van der Waals surface area contributed by atoms with Crippen LogP contribution >= 0.6 is 11.8 Å². The normalized spacial score (nSPS) is 10.7. The van der Waals surface area contributed by atoms with Gasteiger partial charge in [0.1, 0.15) is 5.75 Å². The maximum Gasteiger partial charge on any atom is 0.191 e. The molecule has 0 spiro atoms. The molecule has 0 radical (unpaired) electrons. The molecule has 1 heterocycles. The average Bonchev–Trinajstić information content (AvgIpc) is 3.03. The molecular weight excluding hydrogens is 346 g/mol. The van der Waals surface area contributed by atoms with Crippen molar-refractivity contribution < 1.29 is 9.53 Å². The van der Waals surface area contributed by atoms with Gasteiger partial charge in [-0.25, -0.2) is 0 Å². The first-order chi connectivity index (χ1) is 12.7. The van der Waals surface area contributed by atoms with Crippen LogP contribution in [0.2, 0.25) is 0 Å². The van der Waals surface area contributed by atoms with E-state index in [9.17, 15) is 4.79 Å². The van der Waals surface area contributed by atoms with Gasteiger partial charge in [0.25, 0.3) is 0 Å². The molecular formula is C20H21N3O2S. The fourth-order valence-corrected chi connectivity index (χ4v) is 3.33. The van der Waals surface area contributed by atoms with E-state index in [0.29, 0.717) is 17.9 Å². The summed E-state index contributed by atoms with van der Waals surface area (Å²) in [6, 6.07) is 15.5. The van der Waals surface area contributed by atoms with Crippen LogP contribution in [0.15, 0.2) is 53.7 Å². The van der Waals surface area contributed by atoms with E-state index >= 15 is 0 Å². The van der Waals surface area contributed by atoms with Crippen molar-refractivity contribution in [2.24, 2.45) is 7.05 Å². The Bertz CT molecular complexity index is 875. The second-order valence-electron chi connectivity index (χ2n) is 5.94. The van der Waals surface area contributed by atoms with Gasteiger partial charge in [-0.15, -0.1) is 10.2 Å². The molecule has 3 aromatic rings. The summed E-state index contributed by atoms with van der Waals surface area (Å²) in [5.74, 6) is 2.36. The van der Waals surface area contributed by atoms with E-state index in [2.05, 4.69) is 41.4 Å². The zero-order valence-corrected chi connectivity index (χ0v) is 15.7. The lowest BCUT2D eigenvalue weighted by Gasteiger charge is -2.08. The summed E-state index contributed by atoms with van der Waals surface area (Å²) in [5.41, 5.74) is 2.86. The Kier molecular flexibility index (Phi) is 6.07. The minimum absolute atomic E-state index is 0.556. The number of aromatic nitrogens is 3. The Hall–Kier alpha value is -2.60. The molecule has 2 aromatic carbocycles. The molecule has 26 heavy (non-hydrogen) atoms. The van der Waals surface area contributed by atoms with Crippen LogP contribution in [-0.4, -0.2) is 33.4 Å². The van der Waals surface area contributed by atoms with Crippen molar-refractivity contribution in [1.29, 1.82) is 0 Å². The van der Waals surface area contributed by atoms with E-state index in [1.54, 1.807) is 17.8 Å². The van der Waals surface area contributed by atoms with Gasteiger partial charge in [0.15, 0.2) is 17.3 Å². The van der Waals surface area contributed by atoms with Crippen LogP contribution in [0.4, 0.5) is 0 Å². The lowest BCUT2D eigenvalue weighted by Crippen LogP contribution is -2.02. The molecule has 0 fully saturated rings. The number of benzene rings is 2. The molecule has 0 amide bonds. The molecule has 0 saturated heterocycles. The molecule has 0 aliphatic rings. The first-order valence-corrected chi connectivity index (χ1v) is 9.44. The van der Waals surface area contributed by atoms with Crippen molar-refractivity contribution in [2.75, 3.05) is 12.4 Å². The van der Waals surface area contributed by atoms with Gasteiger partial charge in [0.2, 0.25) is 0 Å². The van der Waals surface area contributed by atoms with Gasteiger partial charge in [-0.2, -0.15) is 0 Å². The molecule has 5 nitrogen and oxygen atoms in total. The van der Waals surface area contributed by atoms with Gasteiger partial charge in [-0.1, -0.05) is 53.7 Å². The summed E-state index contributed by atoms with van der Waals surface area (Å²) in [7, 11) is 1.98. The molecule has 0 aliphatic carbocycles. The van der Waals surface area contributed by atoms with Gasteiger partial charge in [0, 0.05) is 18.4 Å². The third kappa shape index (κ3) is 4.32. The molecule has 0 saturated carbocycles. The maximum atomic E-state index is 11.0. The number of thioether (sulfide) groups is 1. The van der Waals surface area contributed by atoms with Crippen LogP contribution in [-0.2, 0) is 7.05 Å². The highest BCUT2D eigenvalue weighted by atomic mass is 32.2. The van der Waals surface area contributed by atoms with Crippen LogP contribution in [0.1, 0.15) is 22.3 Å². The summed E-state index contributed by atoms with van der Waals surface area (Å²) < 4.78 is 7.71. The van der Waals surface area contributed by atoms with E-state index in [1.165, 1.54) is 5.56 Å². The third-order valence-corrected chi connectivity index (χ3v) is 5.07. The van der Waals surface area contributed by atoms with E-state index in [0.717, 1.165) is 35.0 Å². The number of aryl methyl sites for hydroxylation is 1. The lowest BCUT2D eigenvalue weighted by atomic mass is 10.1. The molecule has 6 heteroatoms. The highest BCUT2D eigenvalue weighted by Crippen LogP contribution is 2.23. The minimum atomic E-state index is 0.556. The zero-order chi connectivity index (χ0) is 18.4. The van der Waals surface area contributed by atoms with Gasteiger partial charge in [0.05, 0.1) is 12.2 Å². The second kappa shape index (κ2) is 8.67. The first-order valence-electron chi connectivity index (χ1n) is 8.45. The second-order valence-corrected chi connectivity index (χ2v) is 7.00. The molecule has 0 atom stereocenters. The number of aldehydes is 1. The Morgan fingerprint density at radius 1 is 1.12 bits per heavy atom. The number of para-hydroxylation sites is 1. The van der Waals surface area contributed by atoms with E-state index in [1.807, 2.05) is 29.8 Å². The van der Waals surface area contributed by atoms with Gasteiger partial charge >= 0.3 is 0 Å². The van der Waals surface area contributed by atoms with Crippen molar-refractivity contribution >= 4 is 18.0 Å². The summed E-state index contributed by atoms with van der Waals surface area (Å²) >= 11 is 1.65. The number of ether oxygens (including phenoxy) is 1. The number of rotatable bonds is 8. The zero-order valence-electron chi connectivity index (χ0n) is 14.9. The van der Waals surface area contributed by atoms with Crippen LogP contribution in [0.5, 0.6) is 5.75 Å².